The molecule has 0 saturated carbocycles. The number of ether oxygens (including phenoxy) is 1. The van der Waals surface area contributed by atoms with E-state index in [1.54, 1.807) is 24.3 Å². The Labute approximate surface area is 172 Å². The van der Waals surface area contributed by atoms with Crippen molar-refractivity contribution in [3.63, 3.8) is 0 Å². The fourth-order valence-corrected chi connectivity index (χ4v) is 3.41. The second-order valence-electron chi connectivity index (χ2n) is 7.74. The molecule has 6 nitrogen and oxygen atoms in total. The molecule has 3 N–H and O–H groups in total. The molecule has 154 valence electrons. The summed E-state index contributed by atoms with van der Waals surface area (Å²) in [6.07, 6.45) is 2.55. The Balaban J connectivity index is 1.49. The predicted molar refractivity (Wildman–Crippen MR) is 112 cm³/mol. The van der Waals surface area contributed by atoms with Crippen LogP contribution in [-0.2, 0) is 17.9 Å². The van der Waals surface area contributed by atoms with Crippen molar-refractivity contribution in [3.8, 4) is 5.75 Å². The molecule has 29 heavy (non-hydrogen) atoms. The second-order valence-corrected chi connectivity index (χ2v) is 7.74. The molecule has 0 aromatic heterocycles. The van der Waals surface area contributed by atoms with Gasteiger partial charge in [0.1, 0.15) is 5.75 Å². The van der Waals surface area contributed by atoms with Gasteiger partial charge in [-0.2, -0.15) is 0 Å². The van der Waals surface area contributed by atoms with Crippen molar-refractivity contribution in [2.24, 2.45) is 11.7 Å². The number of nitrogens with zero attached hydrogens (tertiary/aromatic N) is 1. The third-order valence-electron chi connectivity index (χ3n) is 5.24. The number of primary amides is 1. The Morgan fingerprint density at radius 1 is 1.10 bits per heavy atom. The number of hydrogen-bond acceptors (Lipinski definition) is 4. The lowest BCUT2D eigenvalue weighted by Gasteiger charge is -2.30. The van der Waals surface area contributed by atoms with Crippen LogP contribution in [0.4, 0.5) is 0 Å². The summed E-state index contributed by atoms with van der Waals surface area (Å²) in [7, 11) is 0. The van der Waals surface area contributed by atoms with E-state index in [0.29, 0.717) is 17.9 Å². The van der Waals surface area contributed by atoms with E-state index in [0.717, 1.165) is 18.0 Å². The van der Waals surface area contributed by atoms with E-state index in [-0.39, 0.29) is 12.5 Å². The van der Waals surface area contributed by atoms with Gasteiger partial charge in [-0.3, -0.25) is 14.5 Å². The van der Waals surface area contributed by atoms with Crippen molar-refractivity contribution >= 4 is 11.8 Å². The first kappa shape index (κ1) is 20.9. The fourth-order valence-electron chi connectivity index (χ4n) is 3.41. The summed E-state index contributed by atoms with van der Waals surface area (Å²) in [5, 5.41) is 2.92. The molecule has 1 aliphatic rings. The Kier molecular flexibility index (Phi) is 7.25. The summed E-state index contributed by atoms with van der Waals surface area (Å²) in [6.45, 7) is 5.88. The van der Waals surface area contributed by atoms with Gasteiger partial charge >= 0.3 is 0 Å². The number of nitrogens with one attached hydrogen (secondary N) is 1. The van der Waals surface area contributed by atoms with Crippen LogP contribution in [0.15, 0.2) is 48.5 Å². The van der Waals surface area contributed by atoms with Gasteiger partial charge in [0, 0.05) is 18.7 Å². The number of amides is 2. The summed E-state index contributed by atoms with van der Waals surface area (Å²) < 4.78 is 5.24. The molecule has 2 aromatic carbocycles. The third kappa shape index (κ3) is 6.61. The van der Waals surface area contributed by atoms with Gasteiger partial charge < -0.3 is 15.8 Å². The van der Waals surface area contributed by atoms with Crippen LogP contribution in [0.25, 0.3) is 0 Å². The number of piperidine rings is 1. The molecule has 0 atom stereocenters. The number of benzene rings is 2. The van der Waals surface area contributed by atoms with Gasteiger partial charge in [-0.25, -0.2) is 0 Å². The lowest BCUT2D eigenvalue weighted by Crippen LogP contribution is -2.32. The van der Waals surface area contributed by atoms with Crippen molar-refractivity contribution in [1.82, 2.24) is 10.2 Å². The highest BCUT2D eigenvalue weighted by molar-refractivity contribution is 5.94. The van der Waals surface area contributed by atoms with Crippen LogP contribution in [0.5, 0.6) is 5.75 Å². The number of nitrogens with two attached hydrogens (primary N) is 1. The Hall–Kier alpha value is -2.86. The Morgan fingerprint density at radius 3 is 2.48 bits per heavy atom. The quantitative estimate of drug-likeness (QED) is 0.720. The van der Waals surface area contributed by atoms with Crippen LogP contribution in [0.3, 0.4) is 0 Å². The number of carbonyl (C=O) groups excluding carboxylic acids is 2. The van der Waals surface area contributed by atoms with Gasteiger partial charge in [0.15, 0.2) is 6.61 Å². The molecule has 0 radical (unpaired) electrons. The Bertz CT molecular complexity index is 828. The predicted octanol–water partition coefficient (Wildman–Crippen LogP) is 2.71. The summed E-state index contributed by atoms with van der Waals surface area (Å²) in [5.74, 6) is 0.528. The first-order chi connectivity index (χ1) is 14.0. The Morgan fingerprint density at radius 2 is 1.79 bits per heavy atom. The van der Waals surface area contributed by atoms with Crippen molar-refractivity contribution in [1.29, 1.82) is 0 Å². The van der Waals surface area contributed by atoms with Crippen LogP contribution in [0.1, 0.15) is 41.3 Å². The molecule has 0 spiro atoms. The number of rotatable bonds is 8. The molecule has 3 rings (SSSR count). The van der Waals surface area contributed by atoms with Crippen LogP contribution >= 0.6 is 0 Å². The highest BCUT2D eigenvalue weighted by Gasteiger charge is 2.15. The summed E-state index contributed by atoms with van der Waals surface area (Å²) >= 11 is 0. The van der Waals surface area contributed by atoms with Gasteiger partial charge in [0.2, 0.25) is 0 Å². The minimum absolute atomic E-state index is 0.193. The molecule has 2 aromatic rings. The van der Waals surface area contributed by atoms with E-state index in [2.05, 4.69) is 41.4 Å². The van der Waals surface area contributed by atoms with E-state index in [1.807, 2.05) is 0 Å². The average molecular weight is 396 g/mol. The molecule has 0 unspecified atom stereocenters. The second kappa shape index (κ2) is 10.1. The van der Waals surface area contributed by atoms with Gasteiger partial charge in [-0.05, 0) is 61.2 Å². The maximum Gasteiger partial charge on any atom is 0.255 e. The molecule has 0 bridgehead atoms. The van der Waals surface area contributed by atoms with Crippen LogP contribution in [0.2, 0.25) is 0 Å². The van der Waals surface area contributed by atoms with Crippen molar-refractivity contribution in [2.45, 2.75) is 32.9 Å². The van der Waals surface area contributed by atoms with Gasteiger partial charge in [0.05, 0.1) is 0 Å². The first-order valence-corrected chi connectivity index (χ1v) is 10.1. The van der Waals surface area contributed by atoms with E-state index >= 15 is 0 Å². The summed E-state index contributed by atoms with van der Waals surface area (Å²) in [5.41, 5.74) is 7.90. The molecule has 2 amide bonds. The maximum atomic E-state index is 12.4. The van der Waals surface area contributed by atoms with Crippen LogP contribution in [0, 0.1) is 5.92 Å². The lowest BCUT2D eigenvalue weighted by molar-refractivity contribution is -0.119. The lowest BCUT2D eigenvalue weighted by atomic mass is 9.99. The van der Waals surface area contributed by atoms with E-state index in [4.69, 9.17) is 10.5 Å². The van der Waals surface area contributed by atoms with Gasteiger partial charge in [-0.15, -0.1) is 0 Å². The van der Waals surface area contributed by atoms with Crippen LogP contribution < -0.4 is 15.8 Å². The highest BCUT2D eigenvalue weighted by atomic mass is 16.5. The molecule has 1 aliphatic heterocycles. The van der Waals surface area contributed by atoms with Crippen LogP contribution in [-0.4, -0.2) is 36.4 Å². The highest BCUT2D eigenvalue weighted by Crippen LogP contribution is 2.18. The minimum atomic E-state index is -0.557. The van der Waals surface area contributed by atoms with Gasteiger partial charge in [-0.1, -0.05) is 37.3 Å². The molecular weight excluding hydrogens is 366 g/mol. The average Bonchev–Trinajstić information content (AvgIpc) is 2.73. The monoisotopic (exact) mass is 395 g/mol. The maximum absolute atomic E-state index is 12.4. The normalized spacial score (nSPS) is 15.1. The molecule has 6 heteroatoms. The van der Waals surface area contributed by atoms with E-state index < -0.39 is 5.91 Å². The van der Waals surface area contributed by atoms with E-state index in [1.165, 1.54) is 31.5 Å². The van der Waals surface area contributed by atoms with Gasteiger partial charge in [0.25, 0.3) is 11.8 Å². The van der Waals surface area contributed by atoms with Crippen molar-refractivity contribution in [2.75, 3.05) is 19.7 Å². The summed E-state index contributed by atoms with van der Waals surface area (Å²) in [6, 6.07) is 15.1. The zero-order valence-electron chi connectivity index (χ0n) is 16.9. The summed E-state index contributed by atoms with van der Waals surface area (Å²) in [4.78, 5) is 25.7. The minimum Gasteiger partial charge on any atom is -0.484 e. The zero-order valence-corrected chi connectivity index (χ0v) is 16.9. The number of hydrogen-bond donors (Lipinski definition) is 2. The zero-order chi connectivity index (χ0) is 20.6. The SMILES string of the molecule is CC1CCN(Cc2ccc(CNC(=O)c3cccc(OCC(N)=O)c3)cc2)CC1. The van der Waals surface area contributed by atoms with Crippen molar-refractivity contribution < 1.29 is 14.3 Å². The van der Waals surface area contributed by atoms with Crippen molar-refractivity contribution in [3.05, 3.63) is 65.2 Å². The topological polar surface area (TPSA) is 84.7 Å². The molecule has 1 saturated heterocycles. The standard InChI is InChI=1S/C23H29N3O3/c1-17-9-11-26(12-10-17)15-19-7-5-18(6-8-19)14-25-23(28)20-3-2-4-21(13-20)29-16-22(24)27/h2-8,13,17H,9-12,14-16H2,1H3,(H2,24,27)(H,25,28). The largest absolute Gasteiger partial charge is 0.484 e. The molecule has 0 aliphatic carbocycles. The third-order valence-corrected chi connectivity index (χ3v) is 5.24. The fraction of sp³-hybridized carbons (Fsp3) is 0.391. The number of likely N-dealkylation sites (tertiary alicyclic amines) is 1. The number of carbonyl (C=O) groups is 2. The smallest absolute Gasteiger partial charge is 0.255 e. The first-order valence-electron chi connectivity index (χ1n) is 10.1. The molecule has 1 heterocycles. The molecule has 1 fully saturated rings. The molecular formula is C23H29N3O3. The van der Waals surface area contributed by atoms with E-state index in [9.17, 15) is 9.59 Å².